The van der Waals surface area contributed by atoms with Crippen LogP contribution in [0.3, 0.4) is 0 Å². The van der Waals surface area contributed by atoms with Crippen LogP contribution in [0.5, 0.6) is 5.75 Å². The van der Waals surface area contributed by atoms with Crippen LogP contribution in [0.2, 0.25) is 5.15 Å². The summed E-state index contributed by atoms with van der Waals surface area (Å²) in [6.07, 6.45) is 1.49. The van der Waals surface area contributed by atoms with E-state index in [9.17, 15) is 13.2 Å². The highest BCUT2D eigenvalue weighted by Crippen LogP contribution is 2.32. The zero-order valence-electron chi connectivity index (χ0n) is 16.4. The molecule has 0 saturated heterocycles. The Morgan fingerprint density at radius 2 is 1.80 bits per heavy atom. The normalized spacial score (nSPS) is 11.0. The van der Waals surface area contributed by atoms with Gasteiger partial charge >= 0.3 is 0 Å². The van der Waals surface area contributed by atoms with Crippen molar-refractivity contribution in [2.24, 2.45) is 0 Å². The van der Waals surface area contributed by atoms with E-state index in [2.05, 4.69) is 10.3 Å². The molecule has 3 aromatic rings. The lowest BCUT2D eigenvalue weighted by Crippen LogP contribution is -2.38. The molecular weight excluding hydrogens is 426 g/mol. The average molecular weight is 446 g/mol. The highest BCUT2D eigenvalue weighted by molar-refractivity contribution is 7.92. The lowest BCUT2D eigenvalue weighted by molar-refractivity contribution is -0.114. The van der Waals surface area contributed by atoms with Gasteiger partial charge in [0.2, 0.25) is 5.91 Å². The van der Waals surface area contributed by atoms with E-state index in [1.165, 1.54) is 25.4 Å². The molecule has 0 aliphatic heterocycles. The first-order chi connectivity index (χ1) is 14.3. The average Bonchev–Trinajstić information content (AvgIpc) is 2.74. The van der Waals surface area contributed by atoms with Crippen LogP contribution in [0.25, 0.3) is 0 Å². The van der Waals surface area contributed by atoms with Crippen molar-refractivity contribution in [2.45, 2.75) is 11.8 Å². The summed E-state index contributed by atoms with van der Waals surface area (Å²) >= 11 is 5.99. The molecule has 3 rings (SSSR count). The summed E-state index contributed by atoms with van der Waals surface area (Å²) in [5.41, 5.74) is 1.45. The predicted octanol–water partition coefficient (Wildman–Crippen LogP) is 3.89. The minimum absolute atomic E-state index is 0.0613. The lowest BCUT2D eigenvalue weighted by Gasteiger charge is -2.25. The van der Waals surface area contributed by atoms with Crippen LogP contribution >= 0.6 is 11.6 Å². The highest BCUT2D eigenvalue weighted by atomic mass is 35.5. The van der Waals surface area contributed by atoms with Gasteiger partial charge in [-0.15, -0.1) is 0 Å². The van der Waals surface area contributed by atoms with E-state index >= 15 is 0 Å². The van der Waals surface area contributed by atoms with Gasteiger partial charge in [0.15, 0.2) is 5.15 Å². The highest BCUT2D eigenvalue weighted by Gasteiger charge is 2.29. The van der Waals surface area contributed by atoms with Crippen molar-refractivity contribution in [2.75, 3.05) is 23.3 Å². The molecule has 0 atom stereocenters. The number of amides is 1. The number of halogens is 1. The van der Waals surface area contributed by atoms with Crippen molar-refractivity contribution in [1.82, 2.24) is 4.98 Å². The third-order valence-electron chi connectivity index (χ3n) is 4.28. The van der Waals surface area contributed by atoms with E-state index in [0.717, 1.165) is 9.87 Å². The number of nitrogens with zero attached hydrogens (tertiary/aromatic N) is 2. The summed E-state index contributed by atoms with van der Waals surface area (Å²) in [5, 5.41) is 2.71. The van der Waals surface area contributed by atoms with Crippen molar-refractivity contribution < 1.29 is 17.9 Å². The molecule has 30 heavy (non-hydrogen) atoms. The number of pyridine rings is 1. The smallest absolute Gasteiger partial charge is 0.264 e. The molecule has 1 N–H and O–H groups in total. The van der Waals surface area contributed by atoms with E-state index in [4.69, 9.17) is 16.3 Å². The van der Waals surface area contributed by atoms with Crippen LogP contribution in [-0.4, -0.2) is 33.0 Å². The van der Waals surface area contributed by atoms with Gasteiger partial charge in [-0.25, -0.2) is 13.4 Å². The first-order valence-electron chi connectivity index (χ1n) is 8.95. The third-order valence-corrected chi connectivity index (χ3v) is 6.36. The Labute approximate surface area is 180 Å². The van der Waals surface area contributed by atoms with E-state index in [1.807, 2.05) is 6.92 Å². The number of ether oxygens (including phenoxy) is 1. The molecule has 1 heterocycles. The Kier molecular flexibility index (Phi) is 6.59. The van der Waals surface area contributed by atoms with Crippen LogP contribution in [0.15, 0.2) is 71.8 Å². The second-order valence-electron chi connectivity index (χ2n) is 6.39. The molecule has 0 unspecified atom stereocenters. The summed E-state index contributed by atoms with van der Waals surface area (Å²) in [7, 11) is -2.62. The van der Waals surface area contributed by atoms with Crippen molar-refractivity contribution >= 4 is 38.9 Å². The Bertz CT molecular complexity index is 1150. The molecule has 0 aliphatic rings. The third kappa shape index (κ3) is 4.72. The number of aromatic nitrogens is 1. The Balaban J connectivity index is 2.00. The van der Waals surface area contributed by atoms with Gasteiger partial charge in [0.05, 0.1) is 23.4 Å². The molecule has 0 radical (unpaired) electrons. The molecule has 1 amide bonds. The zero-order chi connectivity index (χ0) is 21.7. The standard InChI is InChI=1S/C21H20ClN3O4S/c1-15-9-11-16(12-10-15)30(27,28)25(18-7-3-4-8-19(18)29-2)14-20(26)24-17-6-5-13-23-21(17)22/h3-13H,14H2,1-2H3,(H,24,26). The number of hydrogen-bond acceptors (Lipinski definition) is 5. The molecule has 0 fully saturated rings. The van der Waals surface area contributed by atoms with E-state index < -0.39 is 22.5 Å². The Hall–Kier alpha value is -3.10. The van der Waals surface area contributed by atoms with Gasteiger partial charge in [-0.1, -0.05) is 41.4 Å². The fourth-order valence-corrected chi connectivity index (χ4v) is 4.37. The zero-order valence-corrected chi connectivity index (χ0v) is 17.9. The number of aryl methyl sites for hydroxylation is 1. The van der Waals surface area contributed by atoms with Crippen molar-refractivity contribution in [3.63, 3.8) is 0 Å². The van der Waals surface area contributed by atoms with Crippen LogP contribution in [0.1, 0.15) is 5.56 Å². The van der Waals surface area contributed by atoms with Crippen LogP contribution < -0.4 is 14.4 Å². The molecule has 156 valence electrons. The molecule has 0 spiro atoms. The lowest BCUT2D eigenvalue weighted by atomic mass is 10.2. The Morgan fingerprint density at radius 3 is 2.47 bits per heavy atom. The quantitative estimate of drug-likeness (QED) is 0.557. The molecule has 0 bridgehead atoms. The van der Waals surface area contributed by atoms with Gasteiger partial charge in [0.25, 0.3) is 10.0 Å². The maximum atomic E-state index is 13.4. The summed E-state index contributed by atoms with van der Waals surface area (Å²) < 4.78 is 33.2. The molecule has 1 aromatic heterocycles. The SMILES string of the molecule is COc1ccccc1N(CC(=O)Nc1cccnc1Cl)S(=O)(=O)c1ccc(C)cc1. The topological polar surface area (TPSA) is 88.6 Å². The predicted molar refractivity (Wildman–Crippen MR) is 117 cm³/mol. The summed E-state index contributed by atoms with van der Waals surface area (Å²) in [4.78, 5) is 16.7. The second-order valence-corrected chi connectivity index (χ2v) is 8.61. The first kappa shape index (κ1) is 21.6. The van der Waals surface area contributed by atoms with Gasteiger partial charge < -0.3 is 10.1 Å². The molecule has 2 aromatic carbocycles. The van der Waals surface area contributed by atoms with Crippen LogP contribution in [0.4, 0.5) is 11.4 Å². The van der Waals surface area contributed by atoms with Gasteiger partial charge in [-0.05, 0) is 43.3 Å². The summed E-state index contributed by atoms with van der Waals surface area (Å²) in [6, 6.07) is 16.2. The van der Waals surface area contributed by atoms with Gasteiger partial charge in [-0.3, -0.25) is 9.10 Å². The van der Waals surface area contributed by atoms with E-state index in [1.54, 1.807) is 48.5 Å². The summed E-state index contributed by atoms with van der Waals surface area (Å²) in [6.45, 7) is 1.38. The molecular formula is C21H20ClN3O4S. The number of carbonyl (C=O) groups excluding carboxylic acids is 1. The number of anilines is 2. The Morgan fingerprint density at radius 1 is 1.10 bits per heavy atom. The van der Waals surface area contributed by atoms with Crippen molar-refractivity contribution in [3.8, 4) is 5.75 Å². The molecule has 0 aliphatic carbocycles. The number of carbonyl (C=O) groups is 1. The maximum Gasteiger partial charge on any atom is 0.264 e. The molecule has 0 saturated carbocycles. The van der Waals surface area contributed by atoms with Gasteiger partial charge in [-0.2, -0.15) is 0 Å². The monoisotopic (exact) mass is 445 g/mol. The summed E-state index contributed by atoms with van der Waals surface area (Å²) in [5.74, 6) is -0.258. The minimum atomic E-state index is -4.06. The fraction of sp³-hybridized carbons (Fsp3) is 0.143. The van der Waals surface area contributed by atoms with Gasteiger partial charge in [0.1, 0.15) is 12.3 Å². The number of benzene rings is 2. The molecule has 9 heteroatoms. The number of para-hydroxylation sites is 2. The number of sulfonamides is 1. The van der Waals surface area contributed by atoms with Crippen LogP contribution in [0, 0.1) is 6.92 Å². The maximum absolute atomic E-state index is 13.4. The minimum Gasteiger partial charge on any atom is -0.495 e. The number of hydrogen-bond donors (Lipinski definition) is 1. The first-order valence-corrected chi connectivity index (χ1v) is 10.8. The number of nitrogens with one attached hydrogen (secondary N) is 1. The largest absolute Gasteiger partial charge is 0.495 e. The second kappa shape index (κ2) is 9.15. The van der Waals surface area contributed by atoms with Gasteiger partial charge in [0, 0.05) is 6.20 Å². The van der Waals surface area contributed by atoms with Crippen molar-refractivity contribution in [1.29, 1.82) is 0 Å². The number of rotatable bonds is 7. The fourth-order valence-electron chi connectivity index (χ4n) is 2.77. The van der Waals surface area contributed by atoms with Crippen molar-refractivity contribution in [3.05, 3.63) is 77.6 Å². The van der Waals surface area contributed by atoms with Crippen LogP contribution in [-0.2, 0) is 14.8 Å². The van der Waals surface area contributed by atoms with E-state index in [-0.39, 0.29) is 21.4 Å². The van der Waals surface area contributed by atoms with E-state index in [0.29, 0.717) is 5.75 Å². The molecule has 7 nitrogen and oxygen atoms in total. The number of methoxy groups -OCH3 is 1.